The number of nitrogens with zero attached hydrogens (tertiary/aromatic N) is 3. The molecule has 7 heteroatoms. The van der Waals surface area contributed by atoms with Gasteiger partial charge in [0, 0.05) is 23.2 Å². The van der Waals surface area contributed by atoms with Gasteiger partial charge in [-0.15, -0.1) is 0 Å². The number of nitrogens with one attached hydrogen (secondary N) is 1. The zero-order chi connectivity index (χ0) is 23.5. The third-order valence-electron chi connectivity index (χ3n) is 6.42. The fourth-order valence-corrected chi connectivity index (χ4v) is 4.68. The molecule has 5 nitrogen and oxygen atoms in total. The van der Waals surface area contributed by atoms with Crippen LogP contribution < -0.4 is 5.32 Å². The zero-order valence-corrected chi connectivity index (χ0v) is 19.5. The van der Waals surface area contributed by atoms with Crippen LogP contribution in [0, 0.1) is 11.7 Å². The molecule has 1 aromatic heterocycles. The fourth-order valence-electron chi connectivity index (χ4n) is 4.55. The van der Waals surface area contributed by atoms with Crippen LogP contribution in [0.3, 0.4) is 0 Å². The summed E-state index contributed by atoms with van der Waals surface area (Å²) in [5.41, 5.74) is 3.84. The van der Waals surface area contributed by atoms with Gasteiger partial charge in [-0.3, -0.25) is 14.3 Å². The van der Waals surface area contributed by atoms with Crippen LogP contribution in [0.25, 0.3) is 16.7 Å². The number of halogens is 2. The molecular weight excluding hydrogens is 451 g/mol. The summed E-state index contributed by atoms with van der Waals surface area (Å²) in [5, 5.41) is 3.75. The molecule has 1 aliphatic rings. The van der Waals surface area contributed by atoms with Crippen LogP contribution in [-0.2, 0) is 17.9 Å². The minimum absolute atomic E-state index is 0.0134. The number of rotatable bonds is 6. The van der Waals surface area contributed by atoms with Crippen LogP contribution in [0.1, 0.15) is 24.2 Å². The smallest absolute Gasteiger partial charge is 0.223 e. The first-order valence-corrected chi connectivity index (χ1v) is 11.9. The Balaban J connectivity index is 1.24. The summed E-state index contributed by atoms with van der Waals surface area (Å²) in [6.45, 7) is 2.83. The first-order chi connectivity index (χ1) is 16.6. The molecule has 2 heterocycles. The third-order valence-corrected chi connectivity index (χ3v) is 6.67. The predicted octanol–water partition coefficient (Wildman–Crippen LogP) is 5.35. The van der Waals surface area contributed by atoms with Crippen molar-refractivity contribution in [2.24, 2.45) is 5.92 Å². The van der Waals surface area contributed by atoms with Gasteiger partial charge in [-0.05, 0) is 80.0 Å². The molecule has 0 saturated carbocycles. The van der Waals surface area contributed by atoms with Crippen molar-refractivity contribution in [1.29, 1.82) is 0 Å². The van der Waals surface area contributed by atoms with Crippen LogP contribution in [0.15, 0.2) is 72.8 Å². The summed E-state index contributed by atoms with van der Waals surface area (Å²) < 4.78 is 15.6. The second-order valence-electron chi connectivity index (χ2n) is 8.72. The van der Waals surface area contributed by atoms with Crippen LogP contribution in [-0.4, -0.2) is 33.4 Å². The largest absolute Gasteiger partial charge is 0.352 e. The summed E-state index contributed by atoms with van der Waals surface area (Å²) in [6, 6.07) is 22.0. The molecule has 0 bridgehead atoms. The van der Waals surface area contributed by atoms with Gasteiger partial charge in [-0.2, -0.15) is 0 Å². The van der Waals surface area contributed by atoms with Crippen LogP contribution >= 0.6 is 11.6 Å². The normalized spacial score (nSPS) is 15.0. The van der Waals surface area contributed by atoms with Crippen LogP contribution in [0.4, 0.5) is 4.39 Å². The van der Waals surface area contributed by atoms with Gasteiger partial charge in [0.25, 0.3) is 0 Å². The Labute approximate surface area is 203 Å². The molecular formula is C27H26ClFN4O. The number of benzene rings is 3. The standard InChI is InChI=1S/C27H26ClFN4O/c28-21-7-5-19(6-8-21)17-30-27(34)20-13-15-32(16-14-20)18-26-31-24-3-1-2-4-25(24)33(26)23-11-9-22(29)10-12-23/h1-12,20H,13-18H2,(H,30,34). The summed E-state index contributed by atoms with van der Waals surface area (Å²) in [6.07, 6.45) is 1.62. The maximum Gasteiger partial charge on any atom is 0.223 e. The highest BCUT2D eigenvalue weighted by atomic mass is 35.5. The summed E-state index contributed by atoms with van der Waals surface area (Å²) >= 11 is 5.93. The van der Waals surface area contributed by atoms with E-state index in [0.29, 0.717) is 18.1 Å². The fraction of sp³-hybridized carbons (Fsp3) is 0.259. The highest BCUT2D eigenvalue weighted by molar-refractivity contribution is 6.30. The van der Waals surface area contributed by atoms with E-state index >= 15 is 0 Å². The topological polar surface area (TPSA) is 50.2 Å². The van der Waals surface area contributed by atoms with Crippen molar-refractivity contribution in [3.8, 4) is 5.69 Å². The van der Waals surface area contributed by atoms with Crippen molar-refractivity contribution >= 4 is 28.5 Å². The van der Waals surface area contributed by atoms with E-state index in [1.165, 1.54) is 12.1 Å². The van der Waals surface area contributed by atoms with Gasteiger partial charge in [0.2, 0.25) is 5.91 Å². The second kappa shape index (κ2) is 9.95. The molecule has 1 aliphatic heterocycles. The first kappa shape index (κ1) is 22.6. The number of piperidine rings is 1. The molecule has 174 valence electrons. The molecule has 3 aromatic carbocycles. The number of hydrogen-bond acceptors (Lipinski definition) is 3. The Hall–Kier alpha value is -3.22. The van der Waals surface area contributed by atoms with Crippen molar-refractivity contribution in [2.75, 3.05) is 13.1 Å². The molecule has 0 unspecified atom stereocenters. The Kier molecular flexibility index (Phi) is 6.61. The summed E-state index contributed by atoms with van der Waals surface area (Å²) in [4.78, 5) is 19.9. The molecule has 4 aromatic rings. The maximum atomic E-state index is 13.5. The Morgan fingerprint density at radius 1 is 1.00 bits per heavy atom. The number of likely N-dealkylation sites (tertiary alicyclic amines) is 1. The number of imidazole rings is 1. The predicted molar refractivity (Wildman–Crippen MR) is 132 cm³/mol. The lowest BCUT2D eigenvalue weighted by atomic mass is 9.96. The molecule has 1 N–H and O–H groups in total. The van der Waals surface area contributed by atoms with E-state index in [0.717, 1.165) is 54.0 Å². The zero-order valence-electron chi connectivity index (χ0n) is 18.8. The number of amides is 1. The minimum Gasteiger partial charge on any atom is -0.352 e. The number of para-hydroxylation sites is 2. The van der Waals surface area contributed by atoms with Crippen molar-refractivity contribution in [2.45, 2.75) is 25.9 Å². The molecule has 1 amide bonds. The van der Waals surface area contributed by atoms with E-state index in [1.54, 1.807) is 12.1 Å². The van der Waals surface area contributed by atoms with Crippen molar-refractivity contribution < 1.29 is 9.18 Å². The highest BCUT2D eigenvalue weighted by Crippen LogP contribution is 2.25. The van der Waals surface area contributed by atoms with E-state index in [4.69, 9.17) is 16.6 Å². The number of carbonyl (C=O) groups is 1. The SMILES string of the molecule is O=C(NCc1ccc(Cl)cc1)C1CCN(Cc2nc3ccccc3n2-c2ccc(F)cc2)CC1. The molecule has 0 atom stereocenters. The average Bonchev–Trinajstić information content (AvgIpc) is 3.22. The summed E-state index contributed by atoms with van der Waals surface area (Å²) in [5.74, 6) is 0.775. The highest BCUT2D eigenvalue weighted by Gasteiger charge is 2.26. The molecule has 0 aliphatic carbocycles. The van der Waals surface area contributed by atoms with Crippen molar-refractivity contribution in [1.82, 2.24) is 19.8 Å². The maximum absolute atomic E-state index is 13.5. The van der Waals surface area contributed by atoms with Crippen LogP contribution in [0.2, 0.25) is 5.02 Å². The minimum atomic E-state index is -0.258. The van der Waals surface area contributed by atoms with Gasteiger partial charge < -0.3 is 5.32 Å². The summed E-state index contributed by atoms with van der Waals surface area (Å²) in [7, 11) is 0. The molecule has 1 fully saturated rings. The number of fused-ring (bicyclic) bond motifs is 1. The van der Waals surface area contributed by atoms with E-state index in [-0.39, 0.29) is 17.6 Å². The Morgan fingerprint density at radius 2 is 1.71 bits per heavy atom. The van der Waals surface area contributed by atoms with Gasteiger partial charge in [0.15, 0.2) is 0 Å². The van der Waals surface area contributed by atoms with Crippen molar-refractivity contribution in [3.05, 3.63) is 95.0 Å². The van der Waals surface area contributed by atoms with E-state index in [9.17, 15) is 9.18 Å². The Bertz CT molecular complexity index is 1280. The van der Waals surface area contributed by atoms with E-state index in [1.807, 2.05) is 48.5 Å². The van der Waals surface area contributed by atoms with E-state index in [2.05, 4.69) is 14.8 Å². The lowest BCUT2D eigenvalue weighted by Crippen LogP contribution is -2.40. The molecule has 1 saturated heterocycles. The van der Waals surface area contributed by atoms with E-state index < -0.39 is 0 Å². The Morgan fingerprint density at radius 3 is 2.44 bits per heavy atom. The van der Waals surface area contributed by atoms with Gasteiger partial charge in [-0.25, -0.2) is 9.37 Å². The molecule has 0 radical (unpaired) electrons. The second-order valence-corrected chi connectivity index (χ2v) is 9.16. The lowest BCUT2D eigenvalue weighted by Gasteiger charge is -2.31. The third kappa shape index (κ3) is 4.98. The molecule has 5 rings (SSSR count). The van der Waals surface area contributed by atoms with Gasteiger partial charge >= 0.3 is 0 Å². The number of carbonyl (C=O) groups excluding carboxylic acids is 1. The number of hydrogen-bond donors (Lipinski definition) is 1. The number of aromatic nitrogens is 2. The monoisotopic (exact) mass is 476 g/mol. The van der Waals surface area contributed by atoms with Crippen molar-refractivity contribution in [3.63, 3.8) is 0 Å². The lowest BCUT2D eigenvalue weighted by molar-refractivity contribution is -0.126. The first-order valence-electron chi connectivity index (χ1n) is 11.5. The molecule has 34 heavy (non-hydrogen) atoms. The quantitative estimate of drug-likeness (QED) is 0.408. The van der Waals surface area contributed by atoms with Gasteiger partial charge in [0.1, 0.15) is 11.6 Å². The van der Waals surface area contributed by atoms with Gasteiger partial charge in [-0.1, -0.05) is 35.9 Å². The average molecular weight is 477 g/mol. The molecule has 0 spiro atoms. The van der Waals surface area contributed by atoms with Crippen LogP contribution in [0.5, 0.6) is 0 Å². The van der Waals surface area contributed by atoms with Gasteiger partial charge in [0.05, 0.1) is 17.6 Å².